The maximum absolute atomic E-state index is 11.0. The van der Waals surface area contributed by atoms with Gasteiger partial charge in [0.25, 0.3) is 0 Å². The molecule has 1 unspecified atom stereocenters. The van der Waals surface area contributed by atoms with E-state index in [-0.39, 0.29) is 18.3 Å². The van der Waals surface area contributed by atoms with E-state index in [2.05, 4.69) is 20.2 Å². The monoisotopic (exact) mass is 541 g/mol. The number of anilines is 3. The summed E-state index contributed by atoms with van der Waals surface area (Å²) in [5, 5.41) is 12.3. The number of pyridine rings is 1. The van der Waals surface area contributed by atoms with Crippen molar-refractivity contribution in [2.75, 3.05) is 29.9 Å². The Morgan fingerprint density at radius 1 is 0.975 bits per heavy atom. The number of carbonyl (C=O) groups is 1. The maximum Gasteiger partial charge on any atom is 0.335 e. The number of carboxylic acids is 1. The second-order valence-electron chi connectivity index (χ2n) is 9.25. The van der Waals surface area contributed by atoms with Crippen molar-refractivity contribution in [1.82, 2.24) is 15.0 Å². The predicted molar refractivity (Wildman–Crippen MR) is 151 cm³/mol. The molecule has 0 saturated carbocycles. The molecule has 2 aromatic heterocycles. The summed E-state index contributed by atoms with van der Waals surface area (Å²) in [6.45, 7) is 4.35. The van der Waals surface area contributed by atoms with Gasteiger partial charge in [0.15, 0.2) is 17.3 Å². The van der Waals surface area contributed by atoms with Crippen molar-refractivity contribution in [3.63, 3.8) is 0 Å². The minimum Gasteiger partial charge on any atom is -0.490 e. The average Bonchev–Trinajstić information content (AvgIpc) is 2.98. The van der Waals surface area contributed by atoms with Crippen LogP contribution in [-0.2, 0) is 6.61 Å². The van der Waals surface area contributed by atoms with Crippen LogP contribution in [0.15, 0.2) is 79.1 Å². The second-order valence-corrected chi connectivity index (χ2v) is 9.25. The van der Waals surface area contributed by atoms with E-state index in [0.717, 1.165) is 42.3 Å². The minimum atomic E-state index is -0.961. The molecule has 1 saturated heterocycles. The van der Waals surface area contributed by atoms with Gasteiger partial charge in [0.2, 0.25) is 5.88 Å². The highest BCUT2D eigenvalue weighted by molar-refractivity contribution is 5.87. The van der Waals surface area contributed by atoms with Crippen LogP contribution in [0.4, 0.5) is 17.5 Å². The summed E-state index contributed by atoms with van der Waals surface area (Å²) in [5.74, 6) is 2.87. The summed E-state index contributed by atoms with van der Waals surface area (Å²) in [7, 11) is 0. The van der Waals surface area contributed by atoms with Gasteiger partial charge in [-0.15, -0.1) is 0 Å². The highest BCUT2D eigenvalue weighted by Gasteiger charge is 2.24. The SMILES string of the molecule is CCOc1ccccc1OC1CCCN(c2cncc(Nc3cccc(OCc4ccc(C(=O)O)cc4)n3)n2)C1. The molecule has 1 aliphatic heterocycles. The molecule has 10 nitrogen and oxygen atoms in total. The number of aromatic carboxylic acids is 1. The Bertz CT molecular complexity index is 1430. The zero-order valence-electron chi connectivity index (χ0n) is 22.2. The van der Waals surface area contributed by atoms with E-state index in [9.17, 15) is 4.79 Å². The van der Waals surface area contributed by atoms with Crippen molar-refractivity contribution in [2.45, 2.75) is 32.5 Å². The quantitative estimate of drug-likeness (QED) is 0.258. The number of benzene rings is 2. The molecule has 4 aromatic rings. The Morgan fingerprint density at radius 3 is 2.60 bits per heavy atom. The fourth-order valence-corrected chi connectivity index (χ4v) is 4.41. The lowest BCUT2D eigenvalue weighted by Gasteiger charge is -2.33. The highest BCUT2D eigenvalue weighted by atomic mass is 16.5. The van der Waals surface area contributed by atoms with Crippen molar-refractivity contribution >= 4 is 23.4 Å². The van der Waals surface area contributed by atoms with Crippen LogP contribution < -0.4 is 24.4 Å². The fourth-order valence-electron chi connectivity index (χ4n) is 4.41. The lowest BCUT2D eigenvalue weighted by molar-refractivity contribution is 0.0696. The Balaban J connectivity index is 1.20. The molecule has 1 fully saturated rings. The first-order valence-electron chi connectivity index (χ1n) is 13.2. The molecule has 2 aromatic carbocycles. The number of nitrogens with one attached hydrogen (secondary N) is 1. The molecule has 0 spiro atoms. The first kappa shape index (κ1) is 26.7. The topological polar surface area (TPSA) is 119 Å². The van der Waals surface area contributed by atoms with Gasteiger partial charge in [-0.3, -0.25) is 4.98 Å². The Hall–Kier alpha value is -4.86. The van der Waals surface area contributed by atoms with Gasteiger partial charge in [0.1, 0.15) is 24.3 Å². The molecule has 1 atom stereocenters. The first-order chi connectivity index (χ1) is 19.6. The van der Waals surface area contributed by atoms with Gasteiger partial charge < -0.3 is 29.5 Å². The van der Waals surface area contributed by atoms with Crippen LogP contribution in [0.2, 0.25) is 0 Å². The van der Waals surface area contributed by atoms with Crippen LogP contribution in [0, 0.1) is 0 Å². The number of piperidine rings is 1. The smallest absolute Gasteiger partial charge is 0.335 e. The zero-order valence-corrected chi connectivity index (χ0v) is 22.2. The third-order valence-electron chi connectivity index (χ3n) is 6.33. The lowest BCUT2D eigenvalue weighted by Crippen LogP contribution is -2.41. The van der Waals surface area contributed by atoms with E-state index in [1.807, 2.05) is 43.3 Å². The molecule has 5 rings (SSSR count). The molecule has 40 heavy (non-hydrogen) atoms. The van der Waals surface area contributed by atoms with E-state index in [1.165, 1.54) is 0 Å². The van der Waals surface area contributed by atoms with E-state index in [0.29, 0.717) is 30.7 Å². The lowest BCUT2D eigenvalue weighted by atomic mass is 10.1. The summed E-state index contributed by atoms with van der Waals surface area (Å²) in [6, 6.07) is 19.7. The van der Waals surface area contributed by atoms with Crippen LogP contribution in [-0.4, -0.2) is 51.8 Å². The van der Waals surface area contributed by atoms with Crippen molar-refractivity contribution < 1.29 is 24.1 Å². The van der Waals surface area contributed by atoms with Gasteiger partial charge in [-0.05, 0) is 55.7 Å². The van der Waals surface area contributed by atoms with Crippen molar-refractivity contribution in [1.29, 1.82) is 0 Å². The first-order valence-corrected chi connectivity index (χ1v) is 13.2. The standard InChI is InChI=1S/C30H31N5O5/c1-2-38-24-8-3-4-9-25(24)40-23-7-6-16-35(19-23)28-18-31-17-27(33-28)32-26-10-5-11-29(34-26)39-20-21-12-14-22(15-13-21)30(36)37/h3-5,8-15,17-18,23H,2,6-7,16,19-20H2,1H3,(H,36,37)(H,32,33,34). The number of hydrogen-bond donors (Lipinski definition) is 2. The number of rotatable bonds is 11. The number of hydrogen-bond acceptors (Lipinski definition) is 9. The number of aromatic nitrogens is 3. The van der Waals surface area contributed by atoms with Gasteiger partial charge in [0.05, 0.1) is 31.1 Å². The molecule has 3 heterocycles. The van der Waals surface area contributed by atoms with E-state index < -0.39 is 5.97 Å². The van der Waals surface area contributed by atoms with E-state index >= 15 is 0 Å². The average molecular weight is 542 g/mol. The molecule has 2 N–H and O–H groups in total. The van der Waals surface area contributed by atoms with E-state index in [1.54, 1.807) is 42.7 Å². The summed E-state index contributed by atoms with van der Waals surface area (Å²) in [4.78, 5) is 26.9. The summed E-state index contributed by atoms with van der Waals surface area (Å²) in [6.07, 6.45) is 5.33. The third kappa shape index (κ3) is 6.96. The van der Waals surface area contributed by atoms with Crippen LogP contribution in [0.5, 0.6) is 17.4 Å². The molecule has 206 valence electrons. The largest absolute Gasteiger partial charge is 0.490 e. The van der Waals surface area contributed by atoms with Crippen LogP contribution in [0.3, 0.4) is 0 Å². The molecule has 0 bridgehead atoms. The number of carboxylic acid groups (broad SMARTS) is 1. The number of para-hydroxylation sites is 2. The van der Waals surface area contributed by atoms with Crippen molar-refractivity contribution in [3.05, 3.63) is 90.3 Å². The van der Waals surface area contributed by atoms with E-state index in [4.69, 9.17) is 24.3 Å². The van der Waals surface area contributed by atoms with Crippen molar-refractivity contribution in [2.24, 2.45) is 0 Å². The van der Waals surface area contributed by atoms with Crippen molar-refractivity contribution in [3.8, 4) is 17.4 Å². The molecule has 0 amide bonds. The Morgan fingerprint density at radius 2 is 1.80 bits per heavy atom. The molecular formula is C30H31N5O5. The third-order valence-corrected chi connectivity index (χ3v) is 6.33. The van der Waals surface area contributed by atoms with Crippen LogP contribution in [0.25, 0.3) is 0 Å². The predicted octanol–water partition coefficient (Wildman–Crippen LogP) is 5.34. The Kier molecular flexibility index (Phi) is 8.55. The van der Waals surface area contributed by atoms with Gasteiger partial charge in [-0.2, -0.15) is 4.98 Å². The second kappa shape index (κ2) is 12.8. The van der Waals surface area contributed by atoms with Gasteiger partial charge in [-0.25, -0.2) is 9.78 Å². The fraction of sp³-hybridized carbons (Fsp3) is 0.267. The van der Waals surface area contributed by atoms with Gasteiger partial charge in [-0.1, -0.05) is 30.3 Å². The number of nitrogens with zero attached hydrogens (tertiary/aromatic N) is 4. The van der Waals surface area contributed by atoms with Gasteiger partial charge in [0, 0.05) is 12.6 Å². The molecule has 10 heteroatoms. The van der Waals surface area contributed by atoms with Crippen LogP contribution >= 0.6 is 0 Å². The summed E-state index contributed by atoms with van der Waals surface area (Å²) in [5.41, 5.74) is 1.07. The Labute approximate surface area is 232 Å². The van der Waals surface area contributed by atoms with Gasteiger partial charge >= 0.3 is 5.97 Å². The zero-order chi connectivity index (χ0) is 27.7. The van der Waals surface area contributed by atoms with Crippen LogP contribution in [0.1, 0.15) is 35.7 Å². The molecule has 0 radical (unpaired) electrons. The molecule has 0 aliphatic carbocycles. The molecular weight excluding hydrogens is 510 g/mol. The maximum atomic E-state index is 11.0. The normalized spacial score (nSPS) is 14.8. The number of ether oxygens (including phenoxy) is 3. The summed E-state index contributed by atoms with van der Waals surface area (Å²) >= 11 is 0. The molecule has 1 aliphatic rings. The minimum absolute atomic E-state index is 0.00426. The summed E-state index contributed by atoms with van der Waals surface area (Å²) < 4.78 is 17.8. The highest BCUT2D eigenvalue weighted by Crippen LogP contribution is 2.30.